The summed E-state index contributed by atoms with van der Waals surface area (Å²) in [5, 5.41) is 4.89. The summed E-state index contributed by atoms with van der Waals surface area (Å²) in [6, 6.07) is 16.7. The lowest BCUT2D eigenvalue weighted by atomic mass is 10.1. The summed E-state index contributed by atoms with van der Waals surface area (Å²) in [5.74, 6) is -0.104. The largest absolute Gasteiger partial charge is 0.477 e. The van der Waals surface area contributed by atoms with E-state index in [1.807, 2.05) is 42.5 Å². The molecule has 0 spiro atoms. The van der Waals surface area contributed by atoms with Gasteiger partial charge in [0.05, 0.1) is 11.3 Å². The molecule has 2 amide bonds. The van der Waals surface area contributed by atoms with Crippen molar-refractivity contribution in [1.29, 1.82) is 0 Å². The van der Waals surface area contributed by atoms with Crippen molar-refractivity contribution in [2.45, 2.75) is 43.3 Å². The number of imide groups is 1. The topological polar surface area (TPSA) is 93.7 Å². The van der Waals surface area contributed by atoms with Crippen LogP contribution in [0, 0.1) is 0 Å². The number of thioether (sulfide) groups is 1. The quantitative estimate of drug-likeness (QED) is 0.610. The van der Waals surface area contributed by atoms with Crippen LogP contribution in [0.1, 0.15) is 24.0 Å². The van der Waals surface area contributed by atoms with Gasteiger partial charge in [0.15, 0.2) is 0 Å². The van der Waals surface area contributed by atoms with Crippen LogP contribution in [0.5, 0.6) is 5.75 Å². The molecule has 0 aromatic heterocycles. The van der Waals surface area contributed by atoms with E-state index in [1.54, 1.807) is 12.1 Å². The molecule has 2 aliphatic heterocycles. The zero-order chi connectivity index (χ0) is 21.6. The Labute approximate surface area is 184 Å². The second-order valence-corrected chi connectivity index (χ2v) is 8.74. The first-order valence-electron chi connectivity index (χ1n) is 10.3. The van der Waals surface area contributed by atoms with Gasteiger partial charge in [-0.1, -0.05) is 54.2 Å². The van der Waals surface area contributed by atoms with E-state index in [0.717, 1.165) is 42.3 Å². The number of carbonyl (C=O) groups excluding carboxylic acids is 3. The van der Waals surface area contributed by atoms with Crippen molar-refractivity contribution >= 4 is 28.9 Å². The van der Waals surface area contributed by atoms with Crippen LogP contribution >= 0.6 is 11.8 Å². The average molecular weight is 441 g/mol. The standard InChI is InChI=1S/C23H24N2O5S/c26-21-19(31-23(28)25-21)13-15-8-10-17(11-9-15)30-20(18-7-4-12-24-18)22(27)29-14-16-5-2-1-3-6-16/h1-3,5-6,8-11,18-20,24H,4,7,12-14H2,(H,25,26,28)/t18-,19?,20?/m1/s1. The number of carbonyl (C=O) groups is 3. The van der Waals surface area contributed by atoms with E-state index < -0.39 is 17.3 Å². The lowest BCUT2D eigenvalue weighted by Gasteiger charge is -2.23. The molecule has 2 aliphatic rings. The number of hydrogen-bond donors (Lipinski definition) is 2. The van der Waals surface area contributed by atoms with Crippen LogP contribution in [-0.4, -0.2) is 41.1 Å². The van der Waals surface area contributed by atoms with Gasteiger partial charge in [0, 0.05) is 0 Å². The molecule has 0 aliphatic carbocycles. The third kappa shape index (κ3) is 5.65. The van der Waals surface area contributed by atoms with E-state index in [4.69, 9.17) is 9.47 Å². The number of ether oxygens (including phenoxy) is 2. The van der Waals surface area contributed by atoms with Gasteiger partial charge in [-0.05, 0) is 49.1 Å². The predicted octanol–water partition coefficient (Wildman–Crippen LogP) is 2.82. The molecule has 0 radical (unpaired) electrons. The summed E-state index contributed by atoms with van der Waals surface area (Å²) >= 11 is 1.01. The molecule has 7 nitrogen and oxygen atoms in total. The normalized spacial score (nSPS) is 21.5. The Morgan fingerprint density at radius 1 is 1.06 bits per heavy atom. The molecule has 3 atom stereocenters. The molecule has 0 saturated carbocycles. The molecule has 2 heterocycles. The van der Waals surface area contributed by atoms with Crippen molar-refractivity contribution in [2.75, 3.05) is 6.54 Å². The first-order valence-corrected chi connectivity index (χ1v) is 11.2. The highest BCUT2D eigenvalue weighted by Gasteiger charge is 2.34. The van der Waals surface area contributed by atoms with Crippen molar-refractivity contribution in [3.8, 4) is 5.75 Å². The number of esters is 1. The smallest absolute Gasteiger partial charge is 0.349 e. The lowest BCUT2D eigenvalue weighted by molar-refractivity contribution is -0.154. The highest BCUT2D eigenvalue weighted by molar-refractivity contribution is 8.15. The minimum Gasteiger partial charge on any atom is -0.477 e. The zero-order valence-corrected chi connectivity index (χ0v) is 17.7. The van der Waals surface area contributed by atoms with Gasteiger partial charge < -0.3 is 14.8 Å². The summed E-state index contributed by atoms with van der Waals surface area (Å²) in [5.41, 5.74) is 1.84. The third-order valence-corrected chi connectivity index (χ3v) is 6.28. The van der Waals surface area contributed by atoms with E-state index in [9.17, 15) is 14.4 Å². The number of benzene rings is 2. The van der Waals surface area contributed by atoms with Crippen molar-refractivity contribution in [3.05, 3.63) is 65.7 Å². The fraction of sp³-hybridized carbons (Fsp3) is 0.348. The Kier molecular flexibility index (Phi) is 6.89. The average Bonchev–Trinajstić information content (AvgIpc) is 3.42. The predicted molar refractivity (Wildman–Crippen MR) is 117 cm³/mol. The Balaban J connectivity index is 1.38. The molecule has 2 unspecified atom stereocenters. The number of hydrogen-bond acceptors (Lipinski definition) is 7. The van der Waals surface area contributed by atoms with Crippen LogP contribution in [0.3, 0.4) is 0 Å². The Morgan fingerprint density at radius 3 is 2.48 bits per heavy atom. The maximum absolute atomic E-state index is 12.8. The van der Waals surface area contributed by atoms with E-state index in [1.165, 1.54) is 0 Å². The molecule has 2 aromatic rings. The minimum atomic E-state index is -0.745. The van der Waals surface area contributed by atoms with Crippen molar-refractivity contribution in [3.63, 3.8) is 0 Å². The molecule has 2 aromatic carbocycles. The monoisotopic (exact) mass is 440 g/mol. The molecule has 2 N–H and O–H groups in total. The van der Waals surface area contributed by atoms with Gasteiger partial charge in [0.25, 0.3) is 5.24 Å². The first kappa shape index (κ1) is 21.4. The van der Waals surface area contributed by atoms with Gasteiger partial charge in [0.2, 0.25) is 12.0 Å². The molecular formula is C23H24N2O5S. The van der Waals surface area contributed by atoms with Crippen LogP contribution in [0.4, 0.5) is 4.79 Å². The number of amides is 2. The number of nitrogens with one attached hydrogen (secondary N) is 2. The highest BCUT2D eigenvalue weighted by atomic mass is 32.2. The van der Waals surface area contributed by atoms with Gasteiger partial charge >= 0.3 is 5.97 Å². The van der Waals surface area contributed by atoms with Crippen LogP contribution in [0.15, 0.2) is 54.6 Å². The van der Waals surface area contributed by atoms with E-state index in [2.05, 4.69) is 10.6 Å². The summed E-state index contributed by atoms with van der Waals surface area (Å²) in [6.45, 7) is 1.04. The lowest BCUT2D eigenvalue weighted by Crippen LogP contribution is -2.45. The van der Waals surface area contributed by atoms with E-state index in [-0.39, 0.29) is 23.8 Å². The summed E-state index contributed by atoms with van der Waals surface area (Å²) in [7, 11) is 0. The third-order valence-electron chi connectivity index (χ3n) is 5.29. The molecule has 31 heavy (non-hydrogen) atoms. The van der Waals surface area contributed by atoms with Crippen LogP contribution in [0.2, 0.25) is 0 Å². The summed E-state index contributed by atoms with van der Waals surface area (Å²) < 4.78 is 11.6. The minimum absolute atomic E-state index is 0.104. The molecule has 2 saturated heterocycles. The SMILES string of the molecule is O=C1NC(=O)C(Cc2ccc(OC(C(=O)OCc3ccccc3)[C@H]3CCCN3)cc2)S1. The van der Waals surface area contributed by atoms with E-state index in [0.29, 0.717) is 12.2 Å². The van der Waals surface area contributed by atoms with Crippen molar-refractivity contribution < 1.29 is 23.9 Å². The molecular weight excluding hydrogens is 416 g/mol. The molecule has 4 rings (SSSR count). The molecule has 2 fully saturated rings. The molecule has 162 valence electrons. The maximum atomic E-state index is 12.8. The van der Waals surface area contributed by atoms with Gasteiger partial charge in [-0.2, -0.15) is 0 Å². The second-order valence-electron chi connectivity index (χ2n) is 7.57. The summed E-state index contributed by atoms with van der Waals surface area (Å²) in [6.07, 6.45) is 1.53. The van der Waals surface area contributed by atoms with Crippen LogP contribution in [-0.2, 0) is 27.4 Å². The fourth-order valence-corrected chi connectivity index (χ4v) is 4.53. The fourth-order valence-electron chi connectivity index (χ4n) is 3.67. The first-order chi connectivity index (χ1) is 15.1. The van der Waals surface area contributed by atoms with Crippen molar-refractivity contribution in [1.82, 2.24) is 10.6 Å². The van der Waals surface area contributed by atoms with Gasteiger partial charge in [0.1, 0.15) is 12.4 Å². The highest BCUT2D eigenvalue weighted by Crippen LogP contribution is 2.25. The second kappa shape index (κ2) is 9.98. The maximum Gasteiger partial charge on any atom is 0.349 e. The zero-order valence-electron chi connectivity index (χ0n) is 16.9. The van der Waals surface area contributed by atoms with Gasteiger partial charge in [-0.15, -0.1) is 0 Å². The summed E-state index contributed by atoms with van der Waals surface area (Å²) in [4.78, 5) is 35.9. The van der Waals surface area contributed by atoms with Gasteiger partial charge in [-0.25, -0.2) is 4.79 Å². The van der Waals surface area contributed by atoms with E-state index >= 15 is 0 Å². The van der Waals surface area contributed by atoms with Crippen LogP contribution in [0.25, 0.3) is 0 Å². The van der Waals surface area contributed by atoms with Crippen LogP contribution < -0.4 is 15.4 Å². The Bertz CT molecular complexity index is 929. The Hall–Kier alpha value is -2.84. The van der Waals surface area contributed by atoms with Crippen molar-refractivity contribution in [2.24, 2.45) is 0 Å². The molecule has 0 bridgehead atoms. The van der Waals surface area contributed by atoms with Gasteiger partial charge in [-0.3, -0.25) is 14.9 Å². The number of rotatable bonds is 8. The molecule has 8 heteroatoms. The Morgan fingerprint density at radius 2 is 1.84 bits per heavy atom.